The highest BCUT2D eigenvalue weighted by Crippen LogP contribution is 2.38. The van der Waals surface area contributed by atoms with Crippen LogP contribution in [-0.2, 0) is 18.4 Å². The second-order valence-electron chi connectivity index (χ2n) is 20.6. The molecule has 0 spiro atoms. The Balaban J connectivity index is 4.13. The molecule has 0 aliphatic rings. The summed E-state index contributed by atoms with van der Waals surface area (Å²) in [4.78, 5) is 25.5. The number of unbranched alkanes of at least 4 members (excludes halogenated alkanes) is 29. The molecule has 2 N–H and O–H groups in total. The number of rotatable bonds is 52. The number of nitrogens with zero attached hydrogens (tertiary/aromatic N) is 1. The number of amides is 1. The number of phosphoric acid groups is 1. The van der Waals surface area contributed by atoms with Crippen molar-refractivity contribution in [3.63, 3.8) is 0 Å². The van der Waals surface area contributed by atoms with Crippen molar-refractivity contribution in [1.29, 1.82) is 0 Å². The van der Waals surface area contributed by atoms with Crippen LogP contribution in [0.3, 0.4) is 0 Å². The fourth-order valence-corrected chi connectivity index (χ4v) is 8.90. The standard InChI is InChI=1S/C60H111N2O6P/c1-6-8-10-12-14-16-18-20-22-24-25-26-27-28-29-30-31-32-33-34-35-36-37-38-40-42-44-46-48-50-52-54-60(64)61-58(57-68-69(65,66)67-56-55-62(3,4)5)59(63)53-51-49-47-45-43-41-39-23-21-19-17-15-13-11-9-7-2/h8,10,14,16,20,22,25-26,28-29,51,53,58-59,63H,6-7,9,11-13,15,17-19,21,23-24,27,30-50,52,54-57H2,1-5H3,(H-,61,64,65,66)/b10-8-,16-14-,22-20-,26-25-,29-28-,53-51+. The first-order valence-corrected chi connectivity index (χ1v) is 30.3. The molecule has 0 heterocycles. The van der Waals surface area contributed by atoms with E-state index >= 15 is 0 Å². The fourth-order valence-electron chi connectivity index (χ4n) is 8.18. The average Bonchev–Trinajstić information content (AvgIpc) is 3.31. The van der Waals surface area contributed by atoms with Gasteiger partial charge in [0.2, 0.25) is 5.91 Å². The third kappa shape index (κ3) is 53.6. The lowest BCUT2D eigenvalue weighted by Gasteiger charge is -2.29. The first kappa shape index (κ1) is 66.9. The number of aliphatic hydroxyl groups excluding tert-OH is 1. The number of quaternary nitrogens is 1. The van der Waals surface area contributed by atoms with Crippen molar-refractivity contribution in [2.24, 2.45) is 0 Å². The monoisotopic (exact) mass is 987 g/mol. The van der Waals surface area contributed by atoms with Crippen molar-refractivity contribution in [3.8, 4) is 0 Å². The van der Waals surface area contributed by atoms with Crippen LogP contribution in [0.15, 0.2) is 72.9 Å². The maximum absolute atomic E-state index is 13.0. The summed E-state index contributed by atoms with van der Waals surface area (Å²) >= 11 is 0. The number of likely N-dealkylation sites (N-methyl/N-ethyl adjacent to an activating group) is 1. The largest absolute Gasteiger partial charge is 0.756 e. The first-order valence-electron chi connectivity index (χ1n) is 28.8. The quantitative estimate of drug-likeness (QED) is 0.0272. The Morgan fingerprint density at radius 1 is 0.522 bits per heavy atom. The van der Waals surface area contributed by atoms with E-state index in [4.69, 9.17) is 9.05 Å². The predicted octanol–water partition coefficient (Wildman–Crippen LogP) is 16.9. The van der Waals surface area contributed by atoms with Gasteiger partial charge in [0.05, 0.1) is 39.9 Å². The van der Waals surface area contributed by atoms with Crippen molar-refractivity contribution in [2.75, 3.05) is 40.9 Å². The molecule has 0 aromatic rings. The van der Waals surface area contributed by atoms with Gasteiger partial charge >= 0.3 is 0 Å². The van der Waals surface area contributed by atoms with E-state index in [1.165, 1.54) is 161 Å². The molecule has 0 aliphatic carbocycles. The van der Waals surface area contributed by atoms with Crippen LogP contribution in [0.2, 0.25) is 0 Å². The Hall–Kier alpha value is -2.06. The van der Waals surface area contributed by atoms with Gasteiger partial charge in [-0.3, -0.25) is 9.36 Å². The van der Waals surface area contributed by atoms with Crippen LogP contribution in [0.25, 0.3) is 0 Å². The number of carbonyl (C=O) groups is 1. The summed E-state index contributed by atoms with van der Waals surface area (Å²) in [5, 5.41) is 13.9. The van der Waals surface area contributed by atoms with E-state index in [1.807, 2.05) is 27.2 Å². The van der Waals surface area contributed by atoms with Gasteiger partial charge in [-0.15, -0.1) is 0 Å². The SMILES string of the molecule is CC/C=C\C/C=C\C/C=C\C/C=C\C/C=C\CCCCCCCCCCCCCCCCCC(=O)NC(COP(=O)([O-])OCC[N+](C)(C)C)C(O)/C=C/CCCCCCCCCCCCCCCC. The third-order valence-corrected chi connectivity index (χ3v) is 13.6. The highest BCUT2D eigenvalue weighted by molar-refractivity contribution is 7.45. The minimum Gasteiger partial charge on any atom is -0.756 e. The van der Waals surface area contributed by atoms with Gasteiger partial charge in [0, 0.05) is 6.42 Å². The number of aliphatic hydroxyl groups is 1. The van der Waals surface area contributed by atoms with Gasteiger partial charge in [-0.25, -0.2) is 0 Å². The molecule has 0 saturated carbocycles. The van der Waals surface area contributed by atoms with Crippen LogP contribution in [0.4, 0.5) is 0 Å². The summed E-state index contributed by atoms with van der Waals surface area (Å²) < 4.78 is 23.3. The molecule has 0 radical (unpaired) electrons. The molecule has 0 fully saturated rings. The molecule has 8 nitrogen and oxygen atoms in total. The van der Waals surface area contributed by atoms with Crippen molar-refractivity contribution < 1.29 is 32.9 Å². The van der Waals surface area contributed by atoms with Crippen LogP contribution < -0.4 is 10.2 Å². The summed E-state index contributed by atoms with van der Waals surface area (Å²) in [6, 6.07) is -0.889. The fraction of sp³-hybridized carbons (Fsp3) is 0.783. The normalized spacial score (nSPS) is 14.5. The van der Waals surface area contributed by atoms with E-state index in [-0.39, 0.29) is 19.1 Å². The maximum Gasteiger partial charge on any atom is 0.268 e. The van der Waals surface area contributed by atoms with Crippen molar-refractivity contribution >= 4 is 13.7 Å². The van der Waals surface area contributed by atoms with Crippen LogP contribution in [0.5, 0.6) is 0 Å². The van der Waals surface area contributed by atoms with E-state index in [1.54, 1.807) is 6.08 Å². The van der Waals surface area contributed by atoms with Crippen LogP contribution in [0.1, 0.15) is 251 Å². The summed E-state index contributed by atoms with van der Waals surface area (Å²) in [7, 11) is 1.26. The van der Waals surface area contributed by atoms with E-state index in [2.05, 4.69) is 79.9 Å². The first-order chi connectivity index (χ1) is 33.5. The minimum absolute atomic E-state index is 0.00236. The number of nitrogens with one attached hydrogen (secondary N) is 1. The smallest absolute Gasteiger partial charge is 0.268 e. The molecule has 0 aromatic carbocycles. The lowest BCUT2D eigenvalue weighted by Crippen LogP contribution is -2.45. The summed E-state index contributed by atoms with van der Waals surface area (Å²) in [6.07, 6.45) is 69.7. The van der Waals surface area contributed by atoms with E-state index < -0.39 is 20.0 Å². The van der Waals surface area contributed by atoms with Crippen molar-refractivity contribution in [3.05, 3.63) is 72.9 Å². The molecular weight excluding hydrogens is 876 g/mol. The molecule has 0 aliphatic heterocycles. The summed E-state index contributed by atoms with van der Waals surface area (Å²) in [5.41, 5.74) is 0. The van der Waals surface area contributed by atoms with Crippen LogP contribution >= 0.6 is 7.82 Å². The van der Waals surface area contributed by atoms with Gasteiger partial charge in [0.15, 0.2) is 0 Å². The van der Waals surface area contributed by atoms with Gasteiger partial charge in [-0.2, -0.15) is 0 Å². The van der Waals surface area contributed by atoms with Crippen molar-refractivity contribution in [2.45, 2.75) is 264 Å². The second kappa shape index (κ2) is 50.9. The Bertz CT molecular complexity index is 1350. The number of hydrogen-bond donors (Lipinski definition) is 2. The van der Waals surface area contributed by atoms with Crippen molar-refractivity contribution in [1.82, 2.24) is 5.32 Å². The Kier molecular flexibility index (Phi) is 49.3. The zero-order chi connectivity index (χ0) is 50.6. The third-order valence-electron chi connectivity index (χ3n) is 12.7. The molecule has 0 rings (SSSR count). The Morgan fingerprint density at radius 3 is 1.29 bits per heavy atom. The minimum atomic E-state index is -4.60. The van der Waals surface area contributed by atoms with Crippen LogP contribution in [0, 0.1) is 0 Å². The molecule has 0 bridgehead atoms. The maximum atomic E-state index is 13.0. The number of phosphoric ester groups is 1. The Labute approximate surface area is 427 Å². The van der Waals surface area contributed by atoms with Gasteiger partial charge in [0.25, 0.3) is 7.82 Å². The Morgan fingerprint density at radius 2 is 0.884 bits per heavy atom. The number of carbonyl (C=O) groups excluding carboxylic acids is 1. The second-order valence-corrected chi connectivity index (χ2v) is 22.0. The molecule has 69 heavy (non-hydrogen) atoms. The highest BCUT2D eigenvalue weighted by Gasteiger charge is 2.23. The highest BCUT2D eigenvalue weighted by atomic mass is 31.2. The van der Waals surface area contributed by atoms with Gasteiger partial charge in [0.1, 0.15) is 13.2 Å². The van der Waals surface area contributed by atoms with Gasteiger partial charge < -0.3 is 28.8 Å². The molecule has 0 saturated heterocycles. The number of hydrogen-bond acceptors (Lipinski definition) is 6. The molecule has 3 atom stereocenters. The zero-order valence-corrected chi connectivity index (χ0v) is 46.6. The van der Waals surface area contributed by atoms with E-state index in [0.717, 1.165) is 70.6 Å². The van der Waals surface area contributed by atoms with Crippen LogP contribution in [-0.4, -0.2) is 68.5 Å². The van der Waals surface area contributed by atoms with E-state index in [9.17, 15) is 19.4 Å². The summed E-state index contributed by atoms with van der Waals surface area (Å²) in [5.74, 6) is -0.198. The topological polar surface area (TPSA) is 108 Å². The molecule has 1 amide bonds. The zero-order valence-electron chi connectivity index (χ0n) is 45.8. The van der Waals surface area contributed by atoms with Gasteiger partial charge in [-0.05, 0) is 64.2 Å². The lowest BCUT2D eigenvalue weighted by atomic mass is 10.0. The lowest BCUT2D eigenvalue weighted by molar-refractivity contribution is -0.870. The molecule has 402 valence electrons. The molecular formula is C60H111N2O6P. The average molecular weight is 988 g/mol. The molecule has 0 aromatic heterocycles. The van der Waals surface area contributed by atoms with Gasteiger partial charge in [-0.1, -0.05) is 254 Å². The van der Waals surface area contributed by atoms with E-state index in [0.29, 0.717) is 17.4 Å². The summed E-state index contributed by atoms with van der Waals surface area (Å²) in [6.45, 7) is 4.55. The number of allylic oxidation sites excluding steroid dienone is 11. The molecule has 9 heteroatoms. The predicted molar refractivity (Wildman–Crippen MR) is 297 cm³/mol. The molecule has 3 unspecified atom stereocenters.